The molecule has 0 aliphatic carbocycles. The van der Waals surface area contributed by atoms with Gasteiger partial charge in [0, 0.05) is 6.54 Å². The van der Waals surface area contributed by atoms with Crippen molar-refractivity contribution in [3.05, 3.63) is 53.6 Å². The van der Waals surface area contributed by atoms with Crippen LogP contribution in [-0.4, -0.2) is 27.7 Å². The maximum Gasteiger partial charge on any atom is 0.416 e. The highest BCUT2D eigenvalue weighted by molar-refractivity contribution is 5.40. The van der Waals surface area contributed by atoms with Crippen molar-refractivity contribution in [2.75, 3.05) is 11.4 Å². The lowest BCUT2D eigenvalue weighted by atomic mass is 10.0. The fourth-order valence-corrected chi connectivity index (χ4v) is 2.73. The van der Waals surface area contributed by atoms with Crippen LogP contribution in [0.25, 0.3) is 0 Å². The lowest BCUT2D eigenvalue weighted by Crippen LogP contribution is -2.26. The summed E-state index contributed by atoms with van der Waals surface area (Å²) in [5, 5.41) is 9.88. The summed E-state index contributed by atoms with van der Waals surface area (Å²) in [4.78, 5) is 9.28. The quantitative estimate of drug-likeness (QED) is 0.862. The Morgan fingerprint density at radius 1 is 1.17 bits per heavy atom. The van der Waals surface area contributed by atoms with Crippen molar-refractivity contribution >= 4 is 5.95 Å². The van der Waals surface area contributed by atoms with E-state index in [0.29, 0.717) is 5.56 Å². The molecule has 2 heterocycles. The lowest BCUT2D eigenvalue weighted by Gasteiger charge is -2.25. The number of aromatic nitrogens is 2. The van der Waals surface area contributed by atoms with Crippen LogP contribution in [0, 0.1) is 5.82 Å². The third-order valence-corrected chi connectivity index (χ3v) is 3.74. The molecule has 1 aromatic carbocycles. The summed E-state index contributed by atoms with van der Waals surface area (Å²) in [5.74, 6) is -0.436. The molecule has 0 amide bonds. The van der Waals surface area contributed by atoms with Gasteiger partial charge in [-0.3, -0.25) is 0 Å². The predicted molar refractivity (Wildman–Crippen MR) is 74.1 cm³/mol. The molecular formula is C15H13F4N3O. The van der Waals surface area contributed by atoms with Gasteiger partial charge in [-0.1, -0.05) is 12.1 Å². The number of hydrogen-bond acceptors (Lipinski definition) is 4. The minimum Gasteiger partial charge on any atom is -0.391 e. The van der Waals surface area contributed by atoms with Gasteiger partial charge in [-0.15, -0.1) is 0 Å². The first-order chi connectivity index (χ1) is 10.8. The standard InChI is InChI=1S/C15H13F4N3O/c16-11-6-20-14(21-7-11)22-8-12(23)5-13(22)9-2-1-3-10(4-9)15(17,18)19/h1-4,6-7,12-13,23H,5,8H2. The molecule has 0 spiro atoms. The van der Waals surface area contributed by atoms with Crippen molar-refractivity contribution in [3.8, 4) is 0 Å². The second kappa shape index (κ2) is 5.77. The van der Waals surface area contributed by atoms with Gasteiger partial charge in [-0.05, 0) is 24.1 Å². The highest BCUT2D eigenvalue weighted by Crippen LogP contribution is 2.37. The third kappa shape index (κ3) is 3.26. The molecule has 1 saturated heterocycles. The molecule has 23 heavy (non-hydrogen) atoms. The average molecular weight is 327 g/mol. The van der Waals surface area contributed by atoms with Gasteiger partial charge in [0.1, 0.15) is 0 Å². The van der Waals surface area contributed by atoms with Crippen LogP contribution in [-0.2, 0) is 6.18 Å². The number of nitrogens with zero attached hydrogens (tertiary/aromatic N) is 3. The average Bonchev–Trinajstić information content (AvgIpc) is 2.89. The van der Waals surface area contributed by atoms with E-state index >= 15 is 0 Å². The Morgan fingerprint density at radius 3 is 2.52 bits per heavy atom. The summed E-state index contributed by atoms with van der Waals surface area (Å²) in [6.07, 6.45) is -2.94. The smallest absolute Gasteiger partial charge is 0.391 e. The van der Waals surface area contributed by atoms with E-state index in [0.717, 1.165) is 24.5 Å². The molecule has 3 rings (SSSR count). The van der Waals surface area contributed by atoms with Gasteiger partial charge in [0.25, 0.3) is 0 Å². The molecule has 8 heteroatoms. The summed E-state index contributed by atoms with van der Waals surface area (Å²) in [6.45, 7) is 0.173. The first-order valence-corrected chi connectivity index (χ1v) is 6.94. The number of halogens is 4. The van der Waals surface area contributed by atoms with E-state index in [-0.39, 0.29) is 18.9 Å². The highest BCUT2D eigenvalue weighted by atomic mass is 19.4. The second-order valence-corrected chi connectivity index (χ2v) is 5.38. The Balaban J connectivity index is 1.95. The van der Waals surface area contributed by atoms with Gasteiger partial charge in [0.15, 0.2) is 5.82 Å². The summed E-state index contributed by atoms with van der Waals surface area (Å²) < 4.78 is 51.5. The largest absolute Gasteiger partial charge is 0.416 e. The zero-order valence-electron chi connectivity index (χ0n) is 11.8. The van der Waals surface area contributed by atoms with E-state index in [1.54, 1.807) is 11.0 Å². The Labute approximate surface area is 129 Å². The Bertz CT molecular complexity index is 690. The molecule has 4 nitrogen and oxygen atoms in total. The molecule has 1 aliphatic rings. The van der Waals surface area contributed by atoms with E-state index in [4.69, 9.17) is 0 Å². The predicted octanol–water partition coefficient (Wildman–Crippen LogP) is 2.95. The normalized spacial score (nSPS) is 21.7. The summed E-state index contributed by atoms with van der Waals surface area (Å²) >= 11 is 0. The fourth-order valence-electron chi connectivity index (χ4n) is 2.73. The monoisotopic (exact) mass is 327 g/mol. The van der Waals surface area contributed by atoms with Crippen molar-refractivity contribution in [1.82, 2.24) is 9.97 Å². The number of alkyl halides is 3. The van der Waals surface area contributed by atoms with E-state index in [1.807, 2.05) is 0 Å². The van der Waals surface area contributed by atoms with Crippen LogP contribution in [0.3, 0.4) is 0 Å². The van der Waals surface area contributed by atoms with Gasteiger partial charge in [0.05, 0.1) is 30.1 Å². The summed E-state index contributed by atoms with van der Waals surface area (Å²) in [6, 6.07) is 4.44. The van der Waals surface area contributed by atoms with Crippen LogP contribution in [0.1, 0.15) is 23.6 Å². The number of benzene rings is 1. The topological polar surface area (TPSA) is 49.2 Å². The molecule has 2 aromatic rings. The Hall–Kier alpha value is -2.22. The van der Waals surface area contributed by atoms with Crippen molar-refractivity contribution < 1.29 is 22.7 Å². The maximum atomic E-state index is 12.9. The molecule has 1 fully saturated rings. The van der Waals surface area contributed by atoms with Crippen molar-refractivity contribution in [2.45, 2.75) is 24.7 Å². The highest BCUT2D eigenvalue weighted by Gasteiger charge is 2.36. The van der Waals surface area contributed by atoms with Crippen molar-refractivity contribution in [3.63, 3.8) is 0 Å². The fraction of sp³-hybridized carbons (Fsp3) is 0.333. The number of rotatable bonds is 2. The van der Waals surface area contributed by atoms with E-state index in [2.05, 4.69) is 9.97 Å². The minimum absolute atomic E-state index is 0.172. The molecule has 1 aliphatic heterocycles. The van der Waals surface area contributed by atoms with Crippen LogP contribution < -0.4 is 4.90 Å². The molecule has 2 atom stereocenters. The number of hydrogen-bond donors (Lipinski definition) is 1. The molecule has 0 saturated carbocycles. The van der Waals surface area contributed by atoms with Crippen LogP contribution in [0.5, 0.6) is 0 Å². The van der Waals surface area contributed by atoms with Crippen LogP contribution in [0.15, 0.2) is 36.7 Å². The molecule has 1 aromatic heterocycles. The molecule has 2 unspecified atom stereocenters. The summed E-state index contributed by atoms with van der Waals surface area (Å²) in [7, 11) is 0. The van der Waals surface area contributed by atoms with E-state index < -0.39 is 29.7 Å². The molecule has 0 radical (unpaired) electrons. The molecule has 1 N–H and O–H groups in total. The molecular weight excluding hydrogens is 314 g/mol. The Morgan fingerprint density at radius 2 is 1.87 bits per heavy atom. The zero-order chi connectivity index (χ0) is 16.6. The lowest BCUT2D eigenvalue weighted by molar-refractivity contribution is -0.137. The van der Waals surface area contributed by atoms with Gasteiger partial charge < -0.3 is 10.0 Å². The number of aliphatic hydroxyl groups excluding tert-OH is 1. The second-order valence-electron chi connectivity index (χ2n) is 5.38. The number of aliphatic hydroxyl groups is 1. The third-order valence-electron chi connectivity index (χ3n) is 3.74. The maximum absolute atomic E-state index is 12.9. The Kier molecular flexibility index (Phi) is 3.93. The zero-order valence-corrected chi connectivity index (χ0v) is 11.8. The first kappa shape index (κ1) is 15.7. The van der Waals surface area contributed by atoms with Gasteiger partial charge >= 0.3 is 6.18 Å². The van der Waals surface area contributed by atoms with Crippen molar-refractivity contribution in [1.29, 1.82) is 0 Å². The minimum atomic E-state index is -4.44. The van der Waals surface area contributed by atoms with Crippen LogP contribution in [0.2, 0.25) is 0 Å². The first-order valence-electron chi connectivity index (χ1n) is 6.94. The molecule has 122 valence electrons. The van der Waals surface area contributed by atoms with E-state index in [1.165, 1.54) is 6.07 Å². The van der Waals surface area contributed by atoms with Crippen LogP contribution in [0.4, 0.5) is 23.5 Å². The molecule has 0 bridgehead atoms. The van der Waals surface area contributed by atoms with Gasteiger partial charge in [0.2, 0.25) is 5.95 Å². The van der Waals surface area contributed by atoms with Crippen molar-refractivity contribution in [2.24, 2.45) is 0 Å². The van der Waals surface area contributed by atoms with E-state index in [9.17, 15) is 22.7 Å². The number of anilines is 1. The summed E-state index contributed by atoms with van der Waals surface area (Å²) in [5.41, 5.74) is -0.347. The van der Waals surface area contributed by atoms with Crippen LogP contribution >= 0.6 is 0 Å². The van der Waals surface area contributed by atoms with Gasteiger partial charge in [-0.2, -0.15) is 13.2 Å². The van der Waals surface area contributed by atoms with Gasteiger partial charge in [-0.25, -0.2) is 14.4 Å². The SMILES string of the molecule is OC1CC(c2cccc(C(F)(F)F)c2)N(c2ncc(F)cn2)C1. The number of β-amino-alcohol motifs (C(OH)–C–C–N with tert-alkyl or cyclic N) is 1.